The van der Waals surface area contributed by atoms with Gasteiger partial charge in [-0.2, -0.15) is 4.98 Å². The topological polar surface area (TPSA) is 173 Å². The molecule has 3 aromatic carbocycles. The number of fused-ring (bicyclic) bond motifs is 1. The van der Waals surface area contributed by atoms with Crippen LogP contribution in [-0.2, 0) is 17.8 Å². The molecule has 0 radical (unpaired) electrons. The van der Waals surface area contributed by atoms with Crippen molar-refractivity contribution in [3.8, 4) is 22.7 Å². The predicted molar refractivity (Wildman–Crippen MR) is 166 cm³/mol. The molecule has 0 aliphatic carbocycles. The number of aromatic carboxylic acids is 1. The van der Waals surface area contributed by atoms with Crippen LogP contribution in [-0.4, -0.2) is 71.5 Å². The number of hydrogen-bond acceptors (Lipinski definition) is 9. The number of methoxy groups -OCH3 is 1. The van der Waals surface area contributed by atoms with Gasteiger partial charge < -0.3 is 25.2 Å². The average Bonchev–Trinajstić information content (AvgIpc) is 3.58. The number of hydrogen-bond donors (Lipinski definition) is 3. The minimum Gasteiger partial charge on any atom is -0.480 e. The van der Waals surface area contributed by atoms with E-state index in [0.717, 1.165) is 10.2 Å². The summed E-state index contributed by atoms with van der Waals surface area (Å²) in [7, 11) is 1.44. The standard InChI is InChI=1S/C32H25ClFN7O6/c1-47-30-22(14-35-26(16-42)37-30)19-4-2-5-21-20(19)12-13-40(28(21)29(43)36-18-10-8-17(9-11-18)32(45)46)31(44)24-15-41(39-38-24)25-7-3-6-23(33)27(25)34/h2-11,14-15,28,42H,12-13,16H2,1H3,(H,36,43)(H,45,46). The van der Waals surface area contributed by atoms with Crippen LogP contribution in [0.5, 0.6) is 5.88 Å². The van der Waals surface area contributed by atoms with Gasteiger partial charge in [-0.3, -0.25) is 9.59 Å². The lowest BCUT2D eigenvalue weighted by Gasteiger charge is -2.37. The summed E-state index contributed by atoms with van der Waals surface area (Å²) in [6.07, 6.45) is 3.10. The summed E-state index contributed by atoms with van der Waals surface area (Å²) in [4.78, 5) is 49.2. The lowest BCUT2D eigenvalue weighted by atomic mass is 9.86. The number of carbonyl (C=O) groups is 3. The van der Waals surface area contributed by atoms with Crippen molar-refractivity contribution in [2.45, 2.75) is 19.1 Å². The highest BCUT2D eigenvalue weighted by Gasteiger charge is 2.38. The fourth-order valence-electron chi connectivity index (χ4n) is 5.44. The number of carboxylic acids is 1. The molecule has 0 saturated heterocycles. The Morgan fingerprint density at radius 3 is 2.57 bits per heavy atom. The Morgan fingerprint density at radius 2 is 1.85 bits per heavy atom. The first-order valence-corrected chi connectivity index (χ1v) is 14.5. The largest absolute Gasteiger partial charge is 0.480 e. The Bertz CT molecular complexity index is 2020. The van der Waals surface area contributed by atoms with Gasteiger partial charge >= 0.3 is 5.97 Å². The van der Waals surface area contributed by atoms with E-state index >= 15 is 0 Å². The third-order valence-electron chi connectivity index (χ3n) is 7.65. The average molecular weight is 658 g/mol. The fraction of sp³-hybridized carbons (Fsp3) is 0.156. The Balaban J connectivity index is 1.41. The van der Waals surface area contributed by atoms with Crippen molar-refractivity contribution < 1.29 is 33.7 Å². The van der Waals surface area contributed by atoms with E-state index in [0.29, 0.717) is 28.8 Å². The highest BCUT2D eigenvalue weighted by Crippen LogP contribution is 2.39. The molecule has 1 atom stereocenters. The summed E-state index contributed by atoms with van der Waals surface area (Å²) in [5.74, 6) is -2.68. The molecule has 3 N–H and O–H groups in total. The van der Waals surface area contributed by atoms with Gasteiger partial charge in [-0.15, -0.1) is 5.10 Å². The lowest BCUT2D eigenvalue weighted by Crippen LogP contribution is -2.45. The molecule has 0 fully saturated rings. The van der Waals surface area contributed by atoms with Crippen LogP contribution in [0, 0.1) is 5.82 Å². The molecule has 13 nitrogen and oxygen atoms in total. The van der Waals surface area contributed by atoms with E-state index in [4.69, 9.17) is 16.3 Å². The number of nitrogens with one attached hydrogen (secondary N) is 1. The number of carbonyl (C=O) groups excluding carboxylic acids is 2. The zero-order chi connectivity index (χ0) is 33.2. The summed E-state index contributed by atoms with van der Waals surface area (Å²) in [6.45, 7) is -0.306. The van der Waals surface area contributed by atoms with Gasteiger partial charge in [0.15, 0.2) is 17.3 Å². The van der Waals surface area contributed by atoms with E-state index in [1.54, 1.807) is 12.1 Å². The molecule has 15 heteroatoms. The molecule has 2 amide bonds. The molecular formula is C32H25ClFN7O6. The summed E-state index contributed by atoms with van der Waals surface area (Å²) in [5, 5.41) is 29.3. The molecule has 1 unspecified atom stereocenters. The van der Waals surface area contributed by atoms with Crippen molar-refractivity contribution in [2.75, 3.05) is 19.0 Å². The Kier molecular flexibility index (Phi) is 8.61. The van der Waals surface area contributed by atoms with Gasteiger partial charge in [-0.05, 0) is 59.5 Å². The molecule has 47 heavy (non-hydrogen) atoms. The first kappa shape index (κ1) is 31.3. The summed E-state index contributed by atoms with van der Waals surface area (Å²) in [6, 6.07) is 14.0. The van der Waals surface area contributed by atoms with Crippen LogP contribution in [0.3, 0.4) is 0 Å². The number of aromatic nitrogens is 5. The highest BCUT2D eigenvalue weighted by atomic mass is 35.5. The van der Waals surface area contributed by atoms with Crippen molar-refractivity contribution in [2.24, 2.45) is 0 Å². The molecule has 238 valence electrons. The number of aliphatic hydroxyl groups excluding tert-OH is 1. The monoisotopic (exact) mass is 657 g/mol. The van der Waals surface area contributed by atoms with Crippen LogP contribution >= 0.6 is 11.6 Å². The maximum atomic E-state index is 14.7. The number of amides is 2. The Hall–Kier alpha value is -5.73. The van der Waals surface area contributed by atoms with Crippen LogP contribution in [0.2, 0.25) is 5.02 Å². The minimum atomic E-state index is -1.18. The normalized spacial score (nSPS) is 14.0. The number of carboxylic acid groups (broad SMARTS) is 1. The number of benzene rings is 3. The number of anilines is 1. The quantitative estimate of drug-likeness (QED) is 0.221. The van der Waals surface area contributed by atoms with Crippen LogP contribution in [0.1, 0.15) is 43.8 Å². The van der Waals surface area contributed by atoms with Gasteiger partial charge in [0, 0.05) is 18.4 Å². The zero-order valence-electron chi connectivity index (χ0n) is 24.6. The zero-order valence-corrected chi connectivity index (χ0v) is 25.3. The summed E-state index contributed by atoms with van der Waals surface area (Å²) < 4.78 is 21.3. The third-order valence-corrected chi connectivity index (χ3v) is 7.94. The number of aliphatic hydroxyl groups is 1. The second-order valence-corrected chi connectivity index (χ2v) is 10.8. The van der Waals surface area contributed by atoms with E-state index in [2.05, 4.69) is 25.6 Å². The maximum Gasteiger partial charge on any atom is 0.335 e. The second-order valence-electron chi connectivity index (χ2n) is 10.4. The highest BCUT2D eigenvalue weighted by molar-refractivity contribution is 6.30. The lowest BCUT2D eigenvalue weighted by molar-refractivity contribution is -0.121. The molecule has 6 rings (SSSR count). The van der Waals surface area contributed by atoms with Crippen LogP contribution in [0.25, 0.3) is 16.8 Å². The molecule has 0 bridgehead atoms. The van der Waals surface area contributed by atoms with Crippen LogP contribution in [0.15, 0.2) is 73.1 Å². The molecular weight excluding hydrogens is 633 g/mol. The Labute approximate surface area is 271 Å². The maximum absolute atomic E-state index is 14.7. The van der Waals surface area contributed by atoms with E-state index in [9.17, 15) is 29.0 Å². The van der Waals surface area contributed by atoms with Crippen LogP contribution < -0.4 is 10.1 Å². The number of nitrogens with zero attached hydrogens (tertiary/aromatic N) is 6. The van der Waals surface area contributed by atoms with Crippen molar-refractivity contribution in [3.63, 3.8) is 0 Å². The number of halogens is 2. The van der Waals surface area contributed by atoms with E-state index in [1.165, 1.54) is 66.9 Å². The molecule has 3 heterocycles. The predicted octanol–water partition coefficient (Wildman–Crippen LogP) is 4.09. The van der Waals surface area contributed by atoms with Gasteiger partial charge in [0.05, 0.1) is 29.5 Å². The first-order valence-electron chi connectivity index (χ1n) is 14.1. The molecule has 2 aromatic heterocycles. The van der Waals surface area contributed by atoms with E-state index < -0.39 is 29.6 Å². The molecule has 1 aliphatic heterocycles. The van der Waals surface area contributed by atoms with E-state index in [-0.39, 0.29) is 46.8 Å². The minimum absolute atomic E-state index is 0.0137. The van der Waals surface area contributed by atoms with Gasteiger partial charge in [-0.1, -0.05) is 41.1 Å². The first-order chi connectivity index (χ1) is 22.7. The Morgan fingerprint density at radius 1 is 1.09 bits per heavy atom. The van der Waals surface area contributed by atoms with Crippen LogP contribution in [0.4, 0.5) is 10.1 Å². The van der Waals surface area contributed by atoms with Crippen molar-refractivity contribution >= 4 is 35.1 Å². The van der Waals surface area contributed by atoms with E-state index in [1.807, 2.05) is 6.07 Å². The third kappa shape index (κ3) is 5.98. The fourth-order valence-corrected chi connectivity index (χ4v) is 5.61. The van der Waals surface area contributed by atoms with Gasteiger partial charge in [0.25, 0.3) is 11.8 Å². The SMILES string of the molecule is COc1nc(CO)ncc1-c1cccc2c1CCN(C(=O)c1cn(-c3cccc(Cl)c3F)nn1)C2C(=O)Nc1ccc(C(=O)O)cc1. The summed E-state index contributed by atoms with van der Waals surface area (Å²) >= 11 is 5.93. The van der Waals surface area contributed by atoms with Gasteiger partial charge in [0.2, 0.25) is 5.88 Å². The number of ether oxygens (including phenoxy) is 1. The van der Waals surface area contributed by atoms with Crippen molar-refractivity contribution in [1.29, 1.82) is 0 Å². The van der Waals surface area contributed by atoms with Gasteiger partial charge in [0.1, 0.15) is 18.3 Å². The molecule has 1 aliphatic rings. The number of rotatable bonds is 8. The summed E-state index contributed by atoms with van der Waals surface area (Å²) in [5.41, 5.74) is 2.63. The van der Waals surface area contributed by atoms with Gasteiger partial charge in [-0.25, -0.2) is 18.9 Å². The van der Waals surface area contributed by atoms with Crippen molar-refractivity contribution in [1.82, 2.24) is 29.9 Å². The molecule has 0 spiro atoms. The molecule has 0 saturated carbocycles. The smallest absolute Gasteiger partial charge is 0.335 e. The molecule has 5 aromatic rings. The van der Waals surface area contributed by atoms with Crippen molar-refractivity contribution in [3.05, 3.63) is 112 Å². The second kappa shape index (κ2) is 12.9.